The van der Waals surface area contributed by atoms with Crippen LogP contribution in [0.3, 0.4) is 0 Å². The highest BCUT2D eigenvalue weighted by Crippen LogP contribution is 2.31. The molecule has 0 aliphatic heterocycles. The first kappa shape index (κ1) is 25.2. The molecule has 2 aromatic carbocycles. The first-order valence-corrected chi connectivity index (χ1v) is 12.4. The van der Waals surface area contributed by atoms with Crippen LogP contribution in [0.4, 0.5) is 24.8 Å². The summed E-state index contributed by atoms with van der Waals surface area (Å²) in [5, 5.41) is 6.64. The lowest BCUT2D eigenvalue weighted by molar-refractivity contribution is 0.0940. The average molecular weight is 535 g/mol. The lowest BCUT2D eigenvalue weighted by Crippen LogP contribution is -2.28. The molecule has 38 heavy (non-hydrogen) atoms. The Morgan fingerprint density at radius 2 is 1.82 bits per heavy atom. The molecule has 5 aromatic rings. The number of carbonyl (C=O) groups is 1. The first-order valence-electron chi connectivity index (χ1n) is 11.5. The summed E-state index contributed by atoms with van der Waals surface area (Å²) in [5.74, 6) is -3.93. The van der Waals surface area contributed by atoms with Gasteiger partial charge in [-0.25, -0.2) is 28.1 Å². The monoisotopic (exact) mass is 534 g/mol. The normalized spacial score (nSPS) is 11.9. The molecular weight excluding hydrogens is 513 g/mol. The molecule has 0 bridgehead atoms. The van der Waals surface area contributed by atoms with Gasteiger partial charge in [0.05, 0.1) is 23.7 Å². The van der Waals surface area contributed by atoms with Crippen LogP contribution in [0.25, 0.3) is 21.3 Å². The predicted molar refractivity (Wildman–Crippen MR) is 141 cm³/mol. The molecule has 3 aromatic heterocycles. The van der Waals surface area contributed by atoms with E-state index in [4.69, 9.17) is 5.73 Å². The second-order valence-corrected chi connectivity index (χ2v) is 9.67. The summed E-state index contributed by atoms with van der Waals surface area (Å²) in [7, 11) is 0. The molecule has 5 rings (SSSR count). The van der Waals surface area contributed by atoms with E-state index >= 15 is 0 Å². The number of nitrogen functional groups attached to an aromatic ring is 1. The molecule has 0 saturated carbocycles. The number of amides is 1. The largest absolute Gasteiger partial charge is 0.383 e. The molecule has 0 aliphatic rings. The van der Waals surface area contributed by atoms with Crippen LogP contribution in [0.2, 0.25) is 0 Å². The minimum Gasteiger partial charge on any atom is -0.383 e. The Morgan fingerprint density at radius 1 is 1.03 bits per heavy atom. The van der Waals surface area contributed by atoms with Crippen molar-refractivity contribution in [2.24, 2.45) is 0 Å². The number of hydrogen-bond donors (Lipinski definition) is 3. The molecular formula is C27H21F3N6OS. The fourth-order valence-electron chi connectivity index (χ4n) is 3.94. The van der Waals surface area contributed by atoms with E-state index in [0.717, 1.165) is 38.4 Å². The van der Waals surface area contributed by atoms with Crippen molar-refractivity contribution in [3.05, 3.63) is 101 Å². The molecule has 3 heterocycles. The molecule has 4 N–H and O–H groups in total. The Hall–Kier alpha value is -4.51. The average Bonchev–Trinajstić information content (AvgIpc) is 3.39. The third-order valence-corrected chi connectivity index (χ3v) is 7.08. The number of fused-ring (bicyclic) bond motifs is 1. The lowest BCUT2D eigenvalue weighted by Gasteiger charge is -2.16. The Balaban J connectivity index is 1.29. The maximum atomic E-state index is 13.6. The summed E-state index contributed by atoms with van der Waals surface area (Å²) < 4.78 is 40.5. The van der Waals surface area contributed by atoms with Gasteiger partial charge in [-0.3, -0.25) is 4.79 Å². The van der Waals surface area contributed by atoms with E-state index in [9.17, 15) is 18.0 Å². The Morgan fingerprint density at radius 3 is 2.61 bits per heavy atom. The summed E-state index contributed by atoms with van der Waals surface area (Å²) in [6.45, 7) is 1.96. The van der Waals surface area contributed by atoms with Crippen molar-refractivity contribution >= 4 is 39.8 Å². The number of pyridine rings is 1. The predicted octanol–water partition coefficient (Wildman–Crippen LogP) is 5.86. The minimum atomic E-state index is -1.55. The molecule has 1 unspecified atom stereocenters. The second-order valence-electron chi connectivity index (χ2n) is 8.50. The molecule has 0 radical (unpaired) electrons. The third-order valence-electron chi connectivity index (χ3n) is 5.95. The van der Waals surface area contributed by atoms with Crippen molar-refractivity contribution < 1.29 is 18.0 Å². The van der Waals surface area contributed by atoms with Gasteiger partial charge in [-0.1, -0.05) is 6.07 Å². The number of thiophene rings is 1. The molecule has 192 valence electrons. The van der Waals surface area contributed by atoms with Gasteiger partial charge in [-0.05, 0) is 66.6 Å². The third kappa shape index (κ3) is 5.14. The lowest BCUT2D eigenvalue weighted by atomic mass is 10.1. The molecule has 0 fully saturated rings. The van der Waals surface area contributed by atoms with Crippen LogP contribution in [-0.2, 0) is 6.54 Å². The number of nitrogens with two attached hydrogens (primary N) is 1. The van der Waals surface area contributed by atoms with Crippen molar-refractivity contribution in [2.75, 3.05) is 11.1 Å². The van der Waals surface area contributed by atoms with Gasteiger partial charge in [-0.15, -0.1) is 11.3 Å². The summed E-state index contributed by atoms with van der Waals surface area (Å²) in [4.78, 5) is 27.5. The van der Waals surface area contributed by atoms with E-state index in [2.05, 4.69) is 25.6 Å². The summed E-state index contributed by atoms with van der Waals surface area (Å²) >= 11 is 1.57. The fourth-order valence-corrected chi connectivity index (χ4v) is 4.88. The van der Waals surface area contributed by atoms with Gasteiger partial charge in [-0.2, -0.15) is 0 Å². The molecule has 0 aliphatic carbocycles. The number of rotatable bonds is 7. The smallest absolute Gasteiger partial charge is 0.255 e. The van der Waals surface area contributed by atoms with Gasteiger partial charge in [0, 0.05) is 21.3 Å². The first-order chi connectivity index (χ1) is 18.3. The van der Waals surface area contributed by atoms with Crippen LogP contribution in [-0.4, -0.2) is 20.9 Å². The number of nitrogens with one attached hydrogen (secondary N) is 2. The van der Waals surface area contributed by atoms with Crippen molar-refractivity contribution in [1.29, 1.82) is 0 Å². The highest BCUT2D eigenvalue weighted by atomic mass is 32.1. The summed E-state index contributed by atoms with van der Waals surface area (Å²) in [5.41, 5.74) is 8.10. The van der Waals surface area contributed by atoms with Gasteiger partial charge in [0.2, 0.25) is 0 Å². The maximum Gasteiger partial charge on any atom is 0.255 e. The molecule has 11 heteroatoms. The van der Waals surface area contributed by atoms with Crippen molar-refractivity contribution in [2.45, 2.75) is 19.5 Å². The maximum absolute atomic E-state index is 13.6. The van der Waals surface area contributed by atoms with Crippen LogP contribution in [0, 0.1) is 17.5 Å². The van der Waals surface area contributed by atoms with Gasteiger partial charge in [0.15, 0.2) is 17.5 Å². The van der Waals surface area contributed by atoms with E-state index in [0.29, 0.717) is 18.2 Å². The topological polar surface area (TPSA) is 106 Å². The molecule has 1 amide bonds. The quantitative estimate of drug-likeness (QED) is 0.226. The number of nitrogens with zero attached hydrogens (tertiary/aromatic N) is 3. The Bertz CT molecular complexity index is 1630. The zero-order valence-corrected chi connectivity index (χ0v) is 20.8. The SMILES string of the molecule is CC(NC(=O)c1cccnc1NCc1ccc(-c2ccc3ncnc(N)c3c2)s1)c1cc(F)c(F)c(F)c1. The fraction of sp³-hybridized carbons (Fsp3) is 0.111. The molecule has 0 spiro atoms. The standard InChI is InChI=1S/C27H21F3N6OS/c1-14(16-10-20(28)24(30)21(29)11-16)36-27(37)18-3-2-8-32-26(18)33-12-17-5-7-23(38-17)15-4-6-22-19(9-15)25(31)35-13-34-22/h2-11,13-14H,12H2,1H3,(H,32,33)(H,36,37)(H2,31,34,35). The van der Waals surface area contributed by atoms with Crippen molar-refractivity contribution in [3.8, 4) is 10.4 Å². The van der Waals surface area contributed by atoms with Gasteiger partial charge >= 0.3 is 0 Å². The Labute approximate surface area is 219 Å². The zero-order valence-electron chi connectivity index (χ0n) is 20.0. The number of benzene rings is 2. The van der Waals surface area contributed by atoms with Crippen LogP contribution >= 0.6 is 11.3 Å². The van der Waals surface area contributed by atoms with E-state index in [-0.39, 0.29) is 11.1 Å². The van der Waals surface area contributed by atoms with E-state index in [1.165, 1.54) is 6.33 Å². The van der Waals surface area contributed by atoms with Gasteiger partial charge in [0.25, 0.3) is 5.91 Å². The molecule has 0 saturated heterocycles. The van der Waals surface area contributed by atoms with Crippen LogP contribution in [0.5, 0.6) is 0 Å². The zero-order chi connectivity index (χ0) is 26.8. The van der Waals surface area contributed by atoms with Crippen LogP contribution in [0.15, 0.2) is 67.1 Å². The van der Waals surface area contributed by atoms with E-state index < -0.39 is 29.4 Å². The minimum absolute atomic E-state index is 0.0984. The molecule has 1 atom stereocenters. The van der Waals surface area contributed by atoms with Crippen LogP contribution in [0.1, 0.15) is 33.8 Å². The van der Waals surface area contributed by atoms with Gasteiger partial charge in [0.1, 0.15) is 18.0 Å². The summed E-state index contributed by atoms with van der Waals surface area (Å²) in [6.07, 6.45) is 2.98. The van der Waals surface area contributed by atoms with Gasteiger partial charge < -0.3 is 16.4 Å². The van der Waals surface area contributed by atoms with Crippen molar-refractivity contribution in [1.82, 2.24) is 20.3 Å². The number of hydrogen-bond acceptors (Lipinski definition) is 7. The number of aromatic nitrogens is 3. The molecule has 7 nitrogen and oxygen atoms in total. The number of halogens is 3. The number of anilines is 2. The number of carbonyl (C=O) groups excluding carboxylic acids is 1. The highest BCUT2D eigenvalue weighted by molar-refractivity contribution is 7.15. The summed E-state index contributed by atoms with van der Waals surface area (Å²) in [6, 6.07) is 13.9. The Kier molecular flexibility index (Phi) is 6.93. The highest BCUT2D eigenvalue weighted by Gasteiger charge is 2.19. The van der Waals surface area contributed by atoms with E-state index in [1.807, 2.05) is 30.3 Å². The van der Waals surface area contributed by atoms with Crippen molar-refractivity contribution in [3.63, 3.8) is 0 Å². The second kappa shape index (κ2) is 10.5. The van der Waals surface area contributed by atoms with E-state index in [1.54, 1.807) is 36.6 Å². The van der Waals surface area contributed by atoms with Crippen LogP contribution < -0.4 is 16.4 Å².